The van der Waals surface area contributed by atoms with E-state index in [1.54, 1.807) is 0 Å². The maximum atomic E-state index is 12.6. The maximum Gasteiger partial charge on any atom is 0.433 e. The predicted molar refractivity (Wildman–Crippen MR) is 83.6 cm³/mol. The van der Waals surface area contributed by atoms with Gasteiger partial charge in [0.05, 0.1) is 6.10 Å². The van der Waals surface area contributed by atoms with Crippen molar-refractivity contribution in [2.45, 2.75) is 45.0 Å². The molecule has 0 unspecified atom stereocenters. The molecule has 3 rings (SSSR count). The van der Waals surface area contributed by atoms with Crippen LogP contribution in [0.4, 0.5) is 19.1 Å². The number of nitrogens with zero attached hydrogens (tertiary/aromatic N) is 2. The third kappa shape index (κ3) is 3.35. The van der Waals surface area contributed by atoms with Crippen LogP contribution >= 0.6 is 0 Å². The molecule has 1 aromatic heterocycles. The first-order valence-corrected chi connectivity index (χ1v) is 8.29. The summed E-state index contributed by atoms with van der Waals surface area (Å²) < 4.78 is 43.7. The third-order valence-corrected chi connectivity index (χ3v) is 5.05. The molecule has 0 radical (unpaired) electrons. The number of hydrogen-bond donors (Lipinski definition) is 2. The Hall–Kier alpha value is -1.41. The third-order valence-electron chi connectivity index (χ3n) is 5.05. The number of rotatable bonds is 5. The van der Waals surface area contributed by atoms with Crippen LogP contribution in [0.1, 0.15) is 32.4 Å². The van der Waals surface area contributed by atoms with Crippen LogP contribution in [0.5, 0.6) is 0 Å². The molecule has 1 saturated heterocycles. The molecule has 134 valence electrons. The van der Waals surface area contributed by atoms with Crippen LogP contribution in [0.15, 0.2) is 12.3 Å². The molecule has 0 spiro atoms. The van der Waals surface area contributed by atoms with Gasteiger partial charge < -0.3 is 15.4 Å². The van der Waals surface area contributed by atoms with Gasteiger partial charge in [0.15, 0.2) is 0 Å². The molecule has 0 bridgehead atoms. The fourth-order valence-corrected chi connectivity index (χ4v) is 3.94. The highest BCUT2D eigenvalue weighted by molar-refractivity contribution is 5.26. The Kier molecular flexibility index (Phi) is 4.70. The van der Waals surface area contributed by atoms with E-state index >= 15 is 0 Å². The highest BCUT2D eigenvalue weighted by Crippen LogP contribution is 2.51. The van der Waals surface area contributed by atoms with Crippen molar-refractivity contribution in [1.82, 2.24) is 15.3 Å². The van der Waals surface area contributed by atoms with Gasteiger partial charge in [-0.3, -0.25) is 0 Å². The smallest absolute Gasteiger partial charge is 0.377 e. The van der Waals surface area contributed by atoms with E-state index in [4.69, 9.17) is 4.74 Å². The van der Waals surface area contributed by atoms with Gasteiger partial charge in [0, 0.05) is 43.3 Å². The van der Waals surface area contributed by atoms with Crippen LogP contribution in [0.25, 0.3) is 0 Å². The molecule has 1 aliphatic heterocycles. The minimum atomic E-state index is -4.45. The summed E-state index contributed by atoms with van der Waals surface area (Å²) >= 11 is 0. The molecule has 0 aromatic carbocycles. The zero-order valence-electron chi connectivity index (χ0n) is 13.9. The van der Waals surface area contributed by atoms with E-state index in [-0.39, 0.29) is 11.4 Å². The highest BCUT2D eigenvalue weighted by atomic mass is 19.4. The molecule has 8 heteroatoms. The van der Waals surface area contributed by atoms with E-state index < -0.39 is 11.9 Å². The summed E-state index contributed by atoms with van der Waals surface area (Å²) in [5.74, 6) is 0.525. The lowest BCUT2D eigenvalue weighted by atomic mass is 9.55. The summed E-state index contributed by atoms with van der Waals surface area (Å²) in [5.41, 5.74) is -0.854. The molecule has 1 aliphatic carbocycles. The number of halogens is 3. The van der Waals surface area contributed by atoms with Gasteiger partial charge in [-0.25, -0.2) is 9.97 Å². The molecular formula is C16H23F3N4O. The van der Waals surface area contributed by atoms with Gasteiger partial charge >= 0.3 is 6.18 Å². The van der Waals surface area contributed by atoms with Crippen LogP contribution in [0, 0.1) is 11.3 Å². The highest BCUT2D eigenvalue weighted by Gasteiger charge is 2.57. The number of hydrogen-bond acceptors (Lipinski definition) is 5. The molecule has 1 aromatic rings. The second-order valence-electron chi connectivity index (χ2n) is 7.04. The van der Waals surface area contributed by atoms with E-state index in [2.05, 4.69) is 34.4 Å². The van der Waals surface area contributed by atoms with E-state index in [1.807, 2.05) is 0 Å². The number of anilines is 1. The normalized spacial score (nSPS) is 28.8. The van der Waals surface area contributed by atoms with Crippen molar-refractivity contribution >= 4 is 5.95 Å². The van der Waals surface area contributed by atoms with Gasteiger partial charge in [-0.05, 0) is 18.9 Å². The van der Waals surface area contributed by atoms with Crippen LogP contribution in [-0.2, 0) is 10.9 Å². The molecule has 2 fully saturated rings. The van der Waals surface area contributed by atoms with E-state index in [1.165, 1.54) is 0 Å². The summed E-state index contributed by atoms with van der Waals surface area (Å²) in [6.45, 7) is 6.33. The van der Waals surface area contributed by atoms with Gasteiger partial charge in [-0.2, -0.15) is 13.2 Å². The number of nitrogens with one attached hydrogen (secondary N) is 2. The molecule has 3 atom stereocenters. The average Bonchev–Trinajstić information content (AvgIpc) is 2.54. The molecule has 2 N–H and O–H groups in total. The second-order valence-corrected chi connectivity index (χ2v) is 7.04. The van der Waals surface area contributed by atoms with Crippen LogP contribution < -0.4 is 10.6 Å². The average molecular weight is 344 g/mol. The van der Waals surface area contributed by atoms with Crippen molar-refractivity contribution in [2.75, 3.05) is 25.0 Å². The Morgan fingerprint density at radius 2 is 2.12 bits per heavy atom. The van der Waals surface area contributed by atoms with Crippen LogP contribution in [0.3, 0.4) is 0 Å². The minimum absolute atomic E-state index is 0.00151. The Morgan fingerprint density at radius 1 is 1.33 bits per heavy atom. The largest absolute Gasteiger partial charge is 0.433 e. The van der Waals surface area contributed by atoms with Crippen molar-refractivity contribution in [3.05, 3.63) is 18.0 Å². The fraction of sp³-hybridized carbons (Fsp3) is 0.750. The first kappa shape index (κ1) is 17.4. The van der Waals surface area contributed by atoms with Gasteiger partial charge in [0.1, 0.15) is 5.69 Å². The zero-order valence-corrected chi connectivity index (χ0v) is 13.9. The molecule has 1 saturated carbocycles. The lowest BCUT2D eigenvalue weighted by Gasteiger charge is -2.60. The lowest BCUT2D eigenvalue weighted by Crippen LogP contribution is -2.69. The SMILES string of the molecule is CC1(C)[C@H](NCCNc2nccc(C(F)(F)F)n2)[C@@H]2CCCO[C@@H]21. The first-order valence-electron chi connectivity index (χ1n) is 8.29. The summed E-state index contributed by atoms with van der Waals surface area (Å²) in [6, 6.07) is 1.23. The van der Waals surface area contributed by atoms with Crippen molar-refractivity contribution < 1.29 is 17.9 Å². The molecule has 0 amide bonds. The summed E-state index contributed by atoms with van der Waals surface area (Å²) in [4.78, 5) is 7.32. The molecule has 2 aliphatic rings. The number of fused-ring (bicyclic) bond motifs is 1. The van der Waals surface area contributed by atoms with Crippen molar-refractivity contribution in [3.8, 4) is 0 Å². The van der Waals surface area contributed by atoms with Crippen molar-refractivity contribution in [1.29, 1.82) is 0 Å². The van der Waals surface area contributed by atoms with E-state index in [9.17, 15) is 13.2 Å². The first-order chi connectivity index (χ1) is 11.3. The van der Waals surface area contributed by atoms with E-state index in [0.717, 1.165) is 31.7 Å². The van der Waals surface area contributed by atoms with Crippen LogP contribution in [-0.4, -0.2) is 41.8 Å². The topological polar surface area (TPSA) is 59.1 Å². The Balaban J connectivity index is 1.48. The molecular weight excluding hydrogens is 321 g/mol. The predicted octanol–water partition coefficient (Wildman–Crippen LogP) is 2.70. The quantitative estimate of drug-likeness (QED) is 0.805. The van der Waals surface area contributed by atoms with Gasteiger partial charge in [-0.15, -0.1) is 0 Å². The summed E-state index contributed by atoms with van der Waals surface area (Å²) in [6.07, 6.45) is -0.779. The van der Waals surface area contributed by atoms with E-state index in [0.29, 0.717) is 31.2 Å². The lowest BCUT2D eigenvalue weighted by molar-refractivity contribution is -0.192. The molecule has 2 heterocycles. The summed E-state index contributed by atoms with van der Waals surface area (Å²) in [5, 5.41) is 6.35. The summed E-state index contributed by atoms with van der Waals surface area (Å²) in [7, 11) is 0. The maximum absolute atomic E-state index is 12.6. The number of ether oxygens (including phenoxy) is 1. The monoisotopic (exact) mass is 344 g/mol. The Labute approximate surface area is 139 Å². The van der Waals surface area contributed by atoms with Gasteiger partial charge in [0.25, 0.3) is 0 Å². The standard InChI is InChI=1S/C16H23F3N4O/c1-15(2)12(10-4-3-9-24-13(10)15)20-7-8-22-14-21-6-5-11(23-14)16(17,18)19/h5-6,10,12-13,20H,3-4,7-9H2,1-2H3,(H,21,22,23)/t10-,12+,13-/m0/s1. The number of alkyl halides is 3. The second kappa shape index (κ2) is 6.48. The Morgan fingerprint density at radius 3 is 2.88 bits per heavy atom. The number of aromatic nitrogens is 2. The minimum Gasteiger partial charge on any atom is -0.377 e. The van der Waals surface area contributed by atoms with Crippen LogP contribution in [0.2, 0.25) is 0 Å². The fourth-order valence-electron chi connectivity index (χ4n) is 3.94. The van der Waals surface area contributed by atoms with Gasteiger partial charge in [0.2, 0.25) is 5.95 Å². The van der Waals surface area contributed by atoms with Crippen molar-refractivity contribution in [2.24, 2.45) is 11.3 Å². The molecule has 5 nitrogen and oxygen atoms in total. The van der Waals surface area contributed by atoms with Gasteiger partial charge in [-0.1, -0.05) is 13.8 Å². The molecule has 24 heavy (non-hydrogen) atoms. The zero-order chi connectivity index (χ0) is 17.4. The van der Waals surface area contributed by atoms with Crippen molar-refractivity contribution in [3.63, 3.8) is 0 Å². The Bertz CT molecular complexity index is 579.